The number of aliphatic carboxylic acids is 1. The van der Waals surface area contributed by atoms with Crippen LogP contribution in [0.2, 0.25) is 0 Å². The summed E-state index contributed by atoms with van der Waals surface area (Å²) in [6.45, 7) is 0.378. The molecule has 0 saturated carbocycles. The molecule has 0 aliphatic rings. The maximum absolute atomic E-state index is 11.8. The van der Waals surface area contributed by atoms with Gasteiger partial charge in [0, 0.05) is 11.6 Å². The van der Waals surface area contributed by atoms with E-state index in [0.717, 1.165) is 5.56 Å². The van der Waals surface area contributed by atoms with E-state index in [9.17, 15) is 9.90 Å². The van der Waals surface area contributed by atoms with Gasteiger partial charge < -0.3 is 14.6 Å². The van der Waals surface area contributed by atoms with E-state index in [2.05, 4.69) is 0 Å². The Kier molecular flexibility index (Phi) is 5.90. The number of hydrogen-bond donors (Lipinski definition) is 1. The summed E-state index contributed by atoms with van der Waals surface area (Å²) in [6.07, 6.45) is 1.62. The van der Waals surface area contributed by atoms with Gasteiger partial charge in [-0.2, -0.15) is 0 Å². The fourth-order valence-corrected chi connectivity index (χ4v) is 2.66. The summed E-state index contributed by atoms with van der Waals surface area (Å²) in [5.41, 5.74) is 2.53. The number of carboxylic acid groups (broad SMARTS) is 1. The van der Waals surface area contributed by atoms with Crippen LogP contribution in [0.1, 0.15) is 16.7 Å². The molecule has 0 aromatic heterocycles. The fourth-order valence-electron chi connectivity index (χ4n) is 2.66. The molecule has 1 N–H and O–H groups in total. The van der Waals surface area contributed by atoms with Crippen LogP contribution in [-0.2, 0) is 11.4 Å². The summed E-state index contributed by atoms with van der Waals surface area (Å²) < 4.78 is 11.2. The number of carbonyl (C=O) groups is 1. The number of rotatable bonds is 7. The highest BCUT2D eigenvalue weighted by atomic mass is 16.5. The number of benzene rings is 3. The molecule has 0 aliphatic carbocycles. The zero-order chi connectivity index (χ0) is 19.1. The second-order valence-corrected chi connectivity index (χ2v) is 5.91. The molecule has 0 radical (unpaired) electrons. The van der Waals surface area contributed by atoms with Crippen molar-refractivity contribution in [3.05, 3.63) is 95.6 Å². The van der Waals surface area contributed by atoms with Crippen LogP contribution in [0.5, 0.6) is 11.5 Å². The maximum atomic E-state index is 11.8. The van der Waals surface area contributed by atoms with Crippen molar-refractivity contribution in [3.8, 4) is 11.5 Å². The molecule has 136 valence electrons. The summed E-state index contributed by atoms with van der Waals surface area (Å²) in [5.74, 6) is 0.214. The van der Waals surface area contributed by atoms with Gasteiger partial charge in [-0.25, -0.2) is 4.79 Å². The Hall–Kier alpha value is -3.53. The smallest absolute Gasteiger partial charge is 0.336 e. The zero-order valence-electron chi connectivity index (χ0n) is 15.0. The maximum Gasteiger partial charge on any atom is 0.336 e. The molecule has 0 saturated heterocycles. The molecule has 3 rings (SSSR count). The number of hydrogen-bond acceptors (Lipinski definition) is 3. The lowest BCUT2D eigenvalue weighted by Crippen LogP contribution is -2.01. The van der Waals surface area contributed by atoms with Gasteiger partial charge in [-0.15, -0.1) is 0 Å². The minimum absolute atomic E-state index is 0.199. The molecular weight excluding hydrogens is 340 g/mol. The second-order valence-electron chi connectivity index (χ2n) is 5.91. The summed E-state index contributed by atoms with van der Waals surface area (Å²) in [5, 5.41) is 9.65. The number of carboxylic acids is 1. The molecule has 0 bridgehead atoms. The molecule has 4 nitrogen and oxygen atoms in total. The topological polar surface area (TPSA) is 55.8 Å². The minimum Gasteiger partial charge on any atom is -0.497 e. The van der Waals surface area contributed by atoms with Gasteiger partial charge >= 0.3 is 5.97 Å². The van der Waals surface area contributed by atoms with Crippen LogP contribution in [0.15, 0.2) is 78.9 Å². The fraction of sp³-hybridized carbons (Fsp3) is 0.0870. The van der Waals surface area contributed by atoms with E-state index in [1.54, 1.807) is 43.5 Å². The first-order chi connectivity index (χ1) is 13.2. The Balaban J connectivity index is 1.97. The first-order valence-corrected chi connectivity index (χ1v) is 8.52. The lowest BCUT2D eigenvalue weighted by Gasteiger charge is -2.12. The van der Waals surface area contributed by atoms with Crippen molar-refractivity contribution in [1.29, 1.82) is 0 Å². The quantitative estimate of drug-likeness (QED) is 0.481. The molecule has 0 unspecified atom stereocenters. The predicted molar refractivity (Wildman–Crippen MR) is 106 cm³/mol. The van der Waals surface area contributed by atoms with Gasteiger partial charge in [0.2, 0.25) is 0 Å². The predicted octanol–water partition coefficient (Wildman–Crippen LogP) is 4.90. The second kappa shape index (κ2) is 8.72. The molecule has 4 heteroatoms. The minimum atomic E-state index is -0.994. The molecule has 3 aromatic carbocycles. The van der Waals surface area contributed by atoms with E-state index in [-0.39, 0.29) is 5.57 Å². The van der Waals surface area contributed by atoms with E-state index < -0.39 is 5.97 Å². The van der Waals surface area contributed by atoms with Crippen molar-refractivity contribution in [2.45, 2.75) is 6.61 Å². The van der Waals surface area contributed by atoms with Gasteiger partial charge in [-0.05, 0) is 29.3 Å². The number of methoxy groups -OCH3 is 1. The van der Waals surface area contributed by atoms with Gasteiger partial charge in [0.25, 0.3) is 0 Å². The Morgan fingerprint density at radius 3 is 2.26 bits per heavy atom. The van der Waals surface area contributed by atoms with Crippen LogP contribution < -0.4 is 9.47 Å². The molecular formula is C23H20O4. The molecule has 0 fully saturated rings. The highest BCUT2D eigenvalue weighted by Crippen LogP contribution is 2.29. The third-order valence-electron chi connectivity index (χ3n) is 4.07. The van der Waals surface area contributed by atoms with E-state index in [4.69, 9.17) is 9.47 Å². The molecule has 27 heavy (non-hydrogen) atoms. The van der Waals surface area contributed by atoms with E-state index in [1.165, 1.54) is 0 Å². The largest absolute Gasteiger partial charge is 0.497 e. The zero-order valence-corrected chi connectivity index (χ0v) is 15.0. The Morgan fingerprint density at radius 1 is 0.963 bits per heavy atom. The van der Waals surface area contributed by atoms with Crippen molar-refractivity contribution in [3.63, 3.8) is 0 Å². The molecule has 0 atom stereocenters. The molecule has 0 spiro atoms. The first-order valence-electron chi connectivity index (χ1n) is 8.52. The normalized spacial score (nSPS) is 11.1. The van der Waals surface area contributed by atoms with E-state index in [1.807, 2.05) is 48.5 Å². The van der Waals surface area contributed by atoms with Crippen LogP contribution in [0.3, 0.4) is 0 Å². The van der Waals surface area contributed by atoms with Crippen molar-refractivity contribution >= 4 is 17.6 Å². The first kappa shape index (κ1) is 18.3. The Labute approximate surface area is 158 Å². The van der Waals surface area contributed by atoms with Crippen molar-refractivity contribution in [2.75, 3.05) is 7.11 Å². The monoisotopic (exact) mass is 360 g/mol. The Bertz CT molecular complexity index is 931. The molecule has 3 aromatic rings. The van der Waals surface area contributed by atoms with Crippen LogP contribution in [0.25, 0.3) is 11.6 Å². The SMILES string of the molecule is COc1ccc(/C=C(\C(=O)O)c2ccccc2)c(OCc2ccccc2)c1. The molecule has 0 heterocycles. The highest BCUT2D eigenvalue weighted by molar-refractivity contribution is 6.20. The molecule has 0 amide bonds. The lowest BCUT2D eigenvalue weighted by molar-refractivity contribution is -0.130. The van der Waals surface area contributed by atoms with Crippen LogP contribution in [0, 0.1) is 0 Å². The third-order valence-corrected chi connectivity index (χ3v) is 4.07. The highest BCUT2D eigenvalue weighted by Gasteiger charge is 2.13. The van der Waals surface area contributed by atoms with E-state index >= 15 is 0 Å². The summed E-state index contributed by atoms with van der Waals surface area (Å²) >= 11 is 0. The average Bonchev–Trinajstić information content (AvgIpc) is 2.72. The van der Waals surface area contributed by atoms with E-state index in [0.29, 0.717) is 29.2 Å². The standard InChI is InChI=1S/C23H20O4/c1-26-20-13-12-19(14-21(23(24)25)18-10-6-3-7-11-18)22(15-20)27-16-17-8-4-2-5-9-17/h2-15H,16H2,1H3,(H,24,25)/b21-14-. The van der Waals surface area contributed by atoms with Crippen molar-refractivity contribution in [1.82, 2.24) is 0 Å². The average molecular weight is 360 g/mol. The van der Waals surface area contributed by atoms with Gasteiger partial charge in [0.15, 0.2) is 0 Å². The van der Waals surface area contributed by atoms with Gasteiger partial charge in [0.1, 0.15) is 18.1 Å². The van der Waals surface area contributed by atoms with Crippen LogP contribution in [-0.4, -0.2) is 18.2 Å². The van der Waals surface area contributed by atoms with Crippen molar-refractivity contribution < 1.29 is 19.4 Å². The molecule has 0 aliphatic heterocycles. The van der Waals surface area contributed by atoms with Crippen LogP contribution in [0.4, 0.5) is 0 Å². The number of ether oxygens (including phenoxy) is 2. The summed E-state index contributed by atoms with van der Waals surface area (Å²) in [4.78, 5) is 11.8. The third kappa shape index (κ3) is 4.76. The van der Waals surface area contributed by atoms with Gasteiger partial charge in [-0.1, -0.05) is 60.7 Å². The van der Waals surface area contributed by atoms with Crippen LogP contribution >= 0.6 is 0 Å². The van der Waals surface area contributed by atoms with Crippen molar-refractivity contribution in [2.24, 2.45) is 0 Å². The van der Waals surface area contributed by atoms with Gasteiger partial charge in [0.05, 0.1) is 12.7 Å². The Morgan fingerprint density at radius 2 is 1.63 bits per heavy atom. The summed E-state index contributed by atoms with van der Waals surface area (Å²) in [7, 11) is 1.58. The lowest BCUT2D eigenvalue weighted by atomic mass is 10.0. The van der Waals surface area contributed by atoms with Gasteiger partial charge in [-0.3, -0.25) is 0 Å². The summed E-state index contributed by atoms with van der Waals surface area (Å²) in [6, 6.07) is 24.2.